The van der Waals surface area contributed by atoms with Crippen LogP contribution in [-0.2, 0) is 6.54 Å². The molecule has 0 saturated carbocycles. The van der Waals surface area contributed by atoms with Crippen LogP contribution in [0.2, 0.25) is 0 Å². The Hall–Kier alpha value is -0.930. The van der Waals surface area contributed by atoms with Gasteiger partial charge in [-0.2, -0.15) is 0 Å². The highest BCUT2D eigenvalue weighted by Gasteiger charge is 1.91. The van der Waals surface area contributed by atoms with E-state index < -0.39 is 0 Å². The van der Waals surface area contributed by atoms with Crippen molar-refractivity contribution in [1.82, 2.24) is 5.32 Å². The van der Waals surface area contributed by atoms with Gasteiger partial charge in [-0.05, 0) is 5.56 Å². The molecule has 0 aliphatic carbocycles. The van der Waals surface area contributed by atoms with Gasteiger partial charge >= 0.3 is 0 Å². The van der Waals surface area contributed by atoms with E-state index in [-0.39, 0.29) is 0 Å². The SMILES string of the molecule is NC(=S)CCNCc1ccccc1. The summed E-state index contributed by atoms with van der Waals surface area (Å²) in [7, 11) is 0. The molecule has 13 heavy (non-hydrogen) atoms. The van der Waals surface area contributed by atoms with Gasteiger partial charge in [0.15, 0.2) is 0 Å². The van der Waals surface area contributed by atoms with Gasteiger partial charge in [-0.1, -0.05) is 42.5 Å². The largest absolute Gasteiger partial charge is 0.393 e. The normalized spacial score (nSPS) is 9.85. The van der Waals surface area contributed by atoms with Crippen molar-refractivity contribution in [3.05, 3.63) is 35.9 Å². The van der Waals surface area contributed by atoms with Crippen molar-refractivity contribution >= 4 is 17.2 Å². The molecule has 0 radical (unpaired) electrons. The predicted molar refractivity (Wildman–Crippen MR) is 59.6 cm³/mol. The van der Waals surface area contributed by atoms with E-state index in [4.69, 9.17) is 18.0 Å². The molecular weight excluding hydrogens is 180 g/mol. The number of hydrogen-bond donors (Lipinski definition) is 2. The molecule has 0 aromatic heterocycles. The maximum absolute atomic E-state index is 5.36. The van der Waals surface area contributed by atoms with E-state index >= 15 is 0 Å². The van der Waals surface area contributed by atoms with Crippen LogP contribution in [0.3, 0.4) is 0 Å². The quantitative estimate of drug-likeness (QED) is 0.550. The molecule has 0 unspecified atom stereocenters. The Morgan fingerprint density at radius 3 is 2.62 bits per heavy atom. The van der Waals surface area contributed by atoms with Gasteiger partial charge in [0.2, 0.25) is 0 Å². The van der Waals surface area contributed by atoms with Crippen LogP contribution in [-0.4, -0.2) is 11.5 Å². The van der Waals surface area contributed by atoms with Gasteiger partial charge < -0.3 is 11.1 Å². The molecule has 1 rings (SSSR count). The van der Waals surface area contributed by atoms with Crippen molar-refractivity contribution in [2.24, 2.45) is 5.73 Å². The number of benzene rings is 1. The molecule has 3 heteroatoms. The Balaban J connectivity index is 2.17. The Labute approximate surface area is 84.1 Å². The minimum atomic E-state index is 0.570. The van der Waals surface area contributed by atoms with Crippen molar-refractivity contribution in [3.63, 3.8) is 0 Å². The third-order valence-corrected chi connectivity index (χ3v) is 1.92. The standard InChI is InChI=1S/C10H14N2S/c11-10(13)6-7-12-8-9-4-2-1-3-5-9/h1-5,12H,6-8H2,(H2,11,13). The molecule has 2 nitrogen and oxygen atoms in total. The van der Waals surface area contributed by atoms with Gasteiger partial charge in [0, 0.05) is 19.5 Å². The molecule has 1 aromatic carbocycles. The summed E-state index contributed by atoms with van der Waals surface area (Å²) in [6.07, 6.45) is 0.766. The van der Waals surface area contributed by atoms with Crippen LogP contribution < -0.4 is 11.1 Å². The van der Waals surface area contributed by atoms with E-state index in [1.165, 1.54) is 5.56 Å². The number of hydrogen-bond acceptors (Lipinski definition) is 2. The van der Waals surface area contributed by atoms with Crippen LogP contribution >= 0.6 is 12.2 Å². The van der Waals surface area contributed by atoms with Crippen LogP contribution in [0.15, 0.2) is 30.3 Å². The number of rotatable bonds is 5. The second kappa shape index (κ2) is 5.67. The van der Waals surface area contributed by atoms with E-state index in [0.717, 1.165) is 19.5 Å². The second-order valence-corrected chi connectivity index (χ2v) is 3.40. The number of thiocarbonyl (C=S) groups is 1. The monoisotopic (exact) mass is 194 g/mol. The summed E-state index contributed by atoms with van der Waals surface area (Å²) in [5, 5.41) is 3.27. The molecule has 0 spiro atoms. The van der Waals surface area contributed by atoms with E-state index in [1.54, 1.807) is 0 Å². The molecule has 0 atom stereocenters. The Morgan fingerprint density at radius 2 is 2.00 bits per heavy atom. The van der Waals surface area contributed by atoms with Crippen LogP contribution in [0, 0.1) is 0 Å². The lowest BCUT2D eigenvalue weighted by molar-refractivity contribution is 0.706. The van der Waals surface area contributed by atoms with Crippen LogP contribution in [0.5, 0.6) is 0 Å². The predicted octanol–water partition coefficient (Wildman–Crippen LogP) is 1.45. The molecule has 3 N–H and O–H groups in total. The summed E-state index contributed by atoms with van der Waals surface area (Å²) in [6.45, 7) is 1.73. The van der Waals surface area contributed by atoms with Crippen molar-refractivity contribution < 1.29 is 0 Å². The van der Waals surface area contributed by atoms with E-state index in [0.29, 0.717) is 4.99 Å². The molecule has 0 aliphatic heterocycles. The first-order valence-corrected chi connectivity index (χ1v) is 4.73. The fraction of sp³-hybridized carbons (Fsp3) is 0.300. The van der Waals surface area contributed by atoms with E-state index in [1.807, 2.05) is 18.2 Å². The summed E-state index contributed by atoms with van der Waals surface area (Å²) in [4.78, 5) is 0.570. The van der Waals surface area contributed by atoms with Crippen LogP contribution in [0.4, 0.5) is 0 Å². The van der Waals surface area contributed by atoms with Crippen LogP contribution in [0.25, 0.3) is 0 Å². The minimum absolute atomic E-state index is 0.570. The van der Waals surface area contributed by atoms with Crippen molar-refractivity contribution in [3.8, 4) is 0 Å². The summed E-state index contributed by atoms with van der Waals surface area (Å²) in [6, 6.07) is 10.3. The fourth-order valence-corrected chi connectivity index (χ4v) is 1.14. The van der Waals surface area contributed by atoms with Crippen molar-refractivity contribution in [1.29, 1.82) is 0 Å². The van der Waals surface area contributed by atoms with Gasteiger partial charge in [-0.25, -0.2) is 0 Å². The zero-order valence-electron chi connectivity index (χ0n) is 7.49. The number of nitrogens with one attached hydrogen (secondary N) is 1. The molecule has 1 aromatic rings. The molecule has 0 bridgehead atoms. The number of nitrogens with two attached hydrogens (primary N) is 1. The molecular formula is C10H14N2S. The smallest absolute Gasteiger partial charge is 0.0740 e. The van der Waals surface area contributed by atoms with Crippen LogP contribution in [0.1, 0.15) is 12.0 Å². The molecule has 0 saturated heterocycles. The summed E-state index contributed by atoms with van der Waals surface area (Å²) < 4.78 is 0. The first-order chi connectivity index (χ1) is 6.29. The highest BCUT2D eigenvalue weighted by molar-refractivity contribution is 7.80. The van der Waals surface area contributed by atoms with Crippen molar-refractivity contribution in [2.45, 2.75) is 13.0 Å². The molecule has 0 aliphatic rings. The van der Waals surface area contributed by atoms with Crippen molar-refractivity contribution in [2.75, 3.05) is 6.54 Å². The third-order valence-electron chi connectivity index (χ3n) is 1.72. The second-order valence-electron chi connectivity index (χ2n) is 2.88. The molecule has 0 amide bonds. The fourth-order valence-electron chi connectivity index (χ4n) is 1.04. The van der Waals surface area contributed by atoms with Gasteiger partial charge in [0.25, 0.3) is 0 Å². The zero-order valence-corrected chi connectivity index (χ0v) is 8.31. The topological polar surface area (TPSA) is 38.0 Å². The molecule has 70 valence electrons. The summed E-state index contributed by atoms with van der Waals surface area (Å²) in [5.41, 5.74) is 6.65. The zero-order chi connectivity index (χ0) is 9.52. The average Bonchev–Trinajstić information content (AvgIpc) is 2.14. The lowest BCUT2D eigenvalue weighted by Gasteiger charge is -2.03. The Bertz CT molecular complexity index is 259. The van der Waals surface area contributed by atoms with Gasteiger partial charge in [0.1, 0.15) is 0 Å². The van der Waals surface area contributed by atoms with E-state index in [2.05, 4.69) is 17.4 Å². The van der Waals surface area contributed by atoms with Gasteiger partial charge in [0.05, 0.1) is 4.99 Å². The maximum atomic E-state index is 5.36. The highest BCUT2D eigenvalue weighted by atomic mass is 32.1. The molecule has 0 fully saturated rings. The van der Waals surface area contributed by atoms with Gasteiger partial charge in [-0.3, -0.25) is 0 Å². The first kappa shape index (κ1) is 10.2. The lowest BCUT2D eigenvalue weighted by atomic mass is 10.2. The first-order valence-electron chi connectivity index (χ1n) is 4.32. The maximum Gasteiger partial charge on any atom is 0.0740 e. The summed E-state index contributed by atoms with van der Waals surface area (Å²) >= 11 is 4.76. The minimum Gasteiger partial charge on any atom is -0.393 e. The Morgan fingerprint density at radius 1 is 1.31 bits per heavy atom. The van der Waals surface area contributed by atoms with E-state index in [9.17, 15) is 0 Å². The average molecular weight is 194 g/mol. The third kappa shape index (κ3) is 4.60. The Kier molecular flexibility index (Phi) is 4.43. The molecule has 0 heterocycles. The summed E-state index contributed by atoms with van der Waals surface area (Å²) in [5.74, 6) is 0. The highest BCUT2D eigenvalue weighted by Crippen LogP contribution is 1.96. The van der Waals surface area contributed by atoms with Gasteiger partial charge in [-0.15, -0.1) is 0 Å². The lowest BCUT2D eigenvalue weighted by Crippen LogP contribution is -2.20.